The Hall–Kier alpha value is -0.610. The predicted molar refractivity (Wildman–Crippen MR) is 84.9 cm³/mol. The van der Waals surface area contributed by atoms with Crippen LogP contribution in [0, 0.1) is 0 Å². The second kappa shape index (κ2) is 14.8. The molecule has 3 N–H and O–H groups in total. The number of nitrogens with one attached hydrogen (secondary N) is 2. The third kappa shape index (κ3) is 15.4. The van der Waals surface area contributed by atoms with Crippen LogP contribution in [0.2, 0.25) is 0 Å². The first kappa shape index (κ1) is 19.4. The van der Waals surface area contributed by atoms with Crippen LogP contribution in [-0.4, -0.2) is 30.3 Å². The highest BCUT2D eigenvalue weighted by Crippen LogP contribution is 2.10. The SMILES string of the molecule is CCCCCCCCCCCCNC(C)NCC(=O)O. The molecule has 0 fully saturated rings. The average Bonchev–Trinajstić information content (AvgIpc) is 2.42. The summed E-state index contributed by atoms with van der Waals surface area (Å²) in [5.41, 5.74) is 0. The van der Waals surface area contributed by atoms with Gasteiger partial charge in [0.05, 0.1) is 12.7 Å². The zero-order valence-electron chi connectivity index (χ0n) is 13.4. The topological polar surface area (TPSA) is 61.4 Å². The maximum atomic E-state index is 10.4. The lowest BCUT2D eigenvalue weighted by molar-refractivity contribution is -0.136. The van der Waals surface area contributed by atoms with Crippen LogP contribution in [0.1, 0.15) is 78.1 Å². The molecule has 0 heterocycles. The van der Waals surface area contributed by atoms with Gasteiger partial charge in [-0.25, -0.2) is 0 Å². The van der Waals surface area contributed by atoms with Gasteiger partial charge >= 0.3 is 5.97 Å². The van der Waals surface area contributed by atoms with Gasteiger partial charge in [-0.3, -0.25) is 10.1 Å². The lowest BCUT2D eigenvalue weighted by Crippen LogP contribution is -2.42. The summed E-state index contributed by atoms with van der Waals surface area (Å²) in [4.78, 5) is 10.4. The van der Waals surface area contributed by atoms with Gasteiger partial charge in [0.25, 0.3) is 0 Å². The smallest absolute Gasteiger partial charge is 0.317 e. The van der Waals surface area contributed by atoms with Crippen LogP contribution in [0.25, 0.3) is 0 Å². The largest absolute Gasteiger partial charge is 0.480 e. The van der Waals surface area contributed by atoms with E-state index in [2.05, 4.69) is 17.6 Å². The molecule has 0 bridgehead atoms. The van der Waals surface area contributed by atoms with Crippen molar-refractivity contribution in [2.45, 2.75) is 84.2 Å². The molecule has 0 aliphatic heterocycles. The molecule has 0 amide bonds. The fourth-order valence-corrected chi connectivity index (χ4v) is 2.24. The number of aliphatic carboxylic acids is 1. The zero-order valence-corrected chi connectivity index (χ0v) is 13.4. The van der Waals surface area contributed by atoms with Gasteiger partial charge in [0.2, 0.25) is 0 Å². The van der Waals surface area contributed by atoms with Crippen molar-refractivity contribution in [3.63, 3.8) is 0 Å². The number of carboxylic acids is 1. The summed E-state index contributed by atoms with van der Waals surface area (Å²) in [6.45, 7) is 5.20. The van der Waals surface area contributed by atoms with E-state index in [4.69, 9.17) is 5.11 Å². The van der Waals surface area contributed by atoms with Crippen LogP contribution in [0.3, 0.4) is 0 Å². The molecule has 120 valence electrons. The molecule has 0 aromatic carbocycles. The average molecular weight is 286 g/mol. The first-order valence-electron chi connectivity index (χ1n) is 8.35. The highest BCUT2D eigenvalue weighted by molar-refractivity contribution is 5.69. The van der Waals surface area contributed by atoms with E-state index in [1.807, 2.05) is 6.92 Å². The van der Waals surface area contributed by atoms with Crippen LogP contribution < -0.4 is 10.6 Å². The number of rotatable bonds is 15. The molecule has 0 rings (SSSR count). The molecule has 0 saturated heterocycles. The molecular weight excluding hydrogens is 252 g/mol. The van der Waals surface area contributed by atoms with Crippen LogP contribution >= 0.6 is 0 Å². The third-order valence-electron chi connectivity index (χ3n) is 3.54. The van der Waals surface area contributed by atoms with Gasteiger partial charge in [-0.05, 0) is 19.9 Å². The molecule has 0 aliphatic rings. The lowest BCUT2D eigenvalue weighted by atomic mass is 10.1. The Labute approximate surface area is 124 Å². The fourth-order valence-electron chi connectivity index (χ4n) is 2.24. The molecule has 0 aromatic heterocycles. The highest BCUT2D eigenvalue weighted by atomic mass is 16.4. The van der Waals surface area contributed by atoms with E-state index in [1.54, 1.807) is 0 Å². The third-order valence-corrected chi connectivity index (χ3v) is 3.54. The normalized spacial score (nSPS) is 12.5. The zero-order chi connectivity index (χ0) is 15.1. The molecule has 0 saturated carbocycles. The Morgan fingerprint density at radius 2 is 1.40 bits per heavy atom. The Kier molecular flexibility index (Phi) is 14.3. The molecule has 0 aromatic rings. The van der Waals surface area contributed by atoms with E-state index in [9.17, 15) is 4.79 Å². The first-order valence-corrected chi connectivity index (χ1v) is 8.35. The van der Waals surface area contributed by atoms with Crippen LogP contribution in [0.15, 0.2) is 0 Å². The number of hydrogen-bond acceptors (Lipinski definition) is 3. The van der Waals surface area contributed by atoms with Crippen molar-refractivity contribution < 1.29 is 9.90 Å². The van der Waals surface area contributed by atoms with E-state index in [-0.39, 0.29) is 12.7 Å². The van der Waals surface area contributed by atoms with Crippen molar-refractivity contribution >= 4 is 5.97 Å². The van der Waals surface area contributed by atoms with Crippen LogP contribution in [0.5, 0.6) is 0 Å². The van der Waals surface area contributed by atoms with Crippen molar-refractivity contribution in [3.8, 4) is 0 Å². The summed E-state index contributed by atoms with van der Waals surface area (Å²) in [5, 5.41) is 14.7. The van der Waals surface area contributed by atoms with Crippen molar-refractivity contribution in [1.82, 2.24) is 10.6 Å². The minimum atomic E-state index is -0.808. The van der Waals surface area contributed by atoms with E-state index in [0.29, 0.717) is 0 Å². The Balaban J connectivity index is 3.10. The summed E-state index contributed by atoms with van der Waals surface area (Å²) in [7, 11) is 0. The van der Waals surface area contributed by atoms with Gasteiger partial charge in [0, 0.05) is 0 Å². The summed E-state index contributed by atoms with van der Waals surface area (Å²) in [5.74, 6) is -0.808. The number of unbranched alkanes of at least 4 members (excludes halogenated alkanes) is 9. The van der Waals surface area contributed by atoms with E-state index >= 15 is 0 Å². The molecule has 0 aliphatic carbocycles. The minimum Gasteiger partial charge on any atom is -0.480 e. The van der Waals surface area contributed by atoms with Gasteiger partial charge in [0.15, 0.2) is 0 Å². The Bertz CT molecular complexity index is 223. The Morgan fingerprint density at radius 1 is 0.900 bits per heavy atom. The van der Waals surface area contributed by atoms with Crippen molar-refractivity contribution in [2.75, 3.05) is 13.1 Å². The van der Waals surface area contributed by atoms with Gasteiger partial charge in [-0.1, -0.05) is 64.7 Å². The second-order valence-electron chi connectivity index (χ2n) is 5.63. The molecule has 4 nitrogen and oxygen atoms in total. The molecule has 20 heavy (non-hydrogen) atoms. The maximum Gasteiger partial charge on any atom is 0.317 e. The van der Waals surface area contributed by atoms with E-state index in [1.165, 1.54) is 64.2 Å². The minimum absolute atomic E-state index is 0.0200. The Morgan fingerprint density at radius 3 is 1.90 bits per heavy atom. The second-order valence-corrected chi connectivity index (χ2v) is 5.63. The molecule has 0 spiro atoms. The first-order chi connectivity index (χ1) is 9.66. The van der Waals surface area contributed by atoms with Crippen molar-refractivity contribution in [1.29, 1.82) is 0 Å². The molecule has 4 heteroatoms. The van der Waals surface area contributed by atoms with Gasteiger partial charge in [0.1, 0.15) is 0 Å². The highest BCUT2D eigenvalue weighted by Gasteiger charge is 2.02. The summed E-state index contributed by atoms with van der Waals surface area (Å²) < 4.78 is 0. The van der Waals surface area contributed by atoms with E-state index < -0.39 is 5.97 Å². The molecular formula is C16H34N2O2. The monoisotopic (exact) mass is 286 g/mol. The van der Waals surface area contributed by atoms with Crippen LogP contribution in [-0.2, 0) is 4.79 Å². The van der Waals surface area contributed by atoms with Crippen molar-refractivity contribution in [2.24, 2.45) is 0 Å². The number of carbonyl (C=O) groups is 1. The molecule has 1 atom stereocenters. The maximum absolute atomic E-state index is 10.4. The molecule has 1 unspecified atom stereocenters. The summed E-state index contributed by atoms with van der Waals surface area (Å²) in [6.07, 6.45) is 13.5. The standard InChI is InChI=1S/C16H34N2O2/c1-3-4-5-6-7-8-9-10-11-12-13-17-15(2)18-14-16(19)20/h15,17-18H,3-14H2,1-2H3,(H,19,20). The number of carboxylic acid groups (broad SMARTS) is 1. The molecule has 0 radical (unpaired) electrons. The quantitative estimate of drug-likeness (QED) is 0.318. The van der Waals surface area contributed by atoms with Gasteiger partial charge < -0.3 is 10.4 Å². The fraction of sp³-hybridized carbons (Fsp3) is 0.938. The van der Waals surface area contributed by atoms with E-state index in [0.717, 1.165) is 6.54 Å². The van der Waals surface area contributed by atoms with Gasteiger partial charge in [-0.15, -0.1) is 0 Å². The van der Waals surface area contributed by atoms with Crippen LogP contribution in [0.4, 0.5) is 0 Å². The number of hydrogen-bond donors (Lipinski definition) is 3. The van der Waals surface area contributed by atoms with Crippen molar-refractivity contribution in [3.05, 3.63) is 0 Å². The summed E-state index contributed by atoms with van der Waals surface area (Å²) in [6, 6.07) is 0. The van der Waals surface area contributed by atoms with Gasteiger partial charge in [-0.2, -0.15) is 0 Å². The lowest BCUT2D eigenvalue weighted by Gasteiger charge is -2.14. The summed E-state index contributed by atoms with van der Waals surface area (Å²) >= 11 is 0. The predicted octanol–water partition coefficient (Wildman–Crippen LogP) is 3.52.